The van der Waals surface area contributed by atoms with Crippen molar-refractivity contribution in [3.05, 3.63) is 0 Å². The van der Waals surface area contributed by atoms with E-state index in [1.165, 1.54) is 38.8 Å². The molecule has 1 heteroatoms. The van der Waals surface area contributed by atoms with Crippen molar-refractivity contribution in [3.8, 4) is 0 Å². The van der Waals surface area contributed by atoms with Crippen LogP contribution in [0.3, 0.4) is 0 Å². The molecule has 1 aliphatic rings. The van der Waals surface area contributed by atoms with Gasteiger partial charge in [-0.1, -0.05) is 41.0 Å². The van der Waals surface area contributed by atoms with E-state index in [-0.39, 0.29) is 0 Å². The predicted octanol–water partition coefficient (Wildman–Crippen LogP) is 4.33. The number of hydrogen-bond donors (Lipinski definition) is 1. The van der Waals surface area contributed by atoms with Gasteiger partial charge in [0.1, 0.15) is 0 Å². The van der Waals surface area contributed by atoms with Gasteiger partial charge in [-0.25, -0.2) is 0 Å². The van der Waals surface area contributed by atoms with Gasteiger partial charge in [0, 0.05) is 0 Å². The zero-order valence-electron chi connectivity index (χ0n) is 12.6. The van der Waals surface area contributed by atoms with E-state index in [9.17, 15) is 0 Å². The Morgan fingerprint density at radius 1 is 1.06 bits per heavy atom. The summed E-state index contributed by atoms with van der Waals surface area (Å²) < 4.78 is 0. The van der Waals surface area contributed by atoms with E-state index in [2.05, 4.69) is 39.9 Å². The third-order valence-electron chi connectivity index (χ3n) is 4.77. The molecule has 1 fully saturated rings. The molecule has 17 heavy (non-hydrogen) atoms. The lowest BCUT2D eigenvalue weighted by Crippen LogP contribution is -2.28. The fourth-order valence-corrected chi connectivity index (χ4v) is 3.06. The fraction of sp³-hybridized carbons (Fsp3) is 1.00. The summed E-state index contributed by atoms with van der Waals surface area (Å²) in [5.41, 5.74) is 0. The summed E-state index contributed by atoms with van der Waals surface area (Å²) in [5.74, 6) is 4.57. The van der Waals surface area contributed by atoms with Crippen molar-refractivity contribution < 1.29 is 0 Å². The summed E-state index contributed by atoms with van der Waals surface area (Å²) in [7, 11) is 0. The summed E-state index contributed by atoms with van der Waals surface area (Å²) in [4.78, 5) is 0. The molecule has 0 heterocycles. The summed E-state index contributed by atoms with van der Waals surface area (Å²) in [5, 5.41) is 3.57. The first-order valence-corrected chi connectivity index (χ1v) is 7.71. The average molecular weight is 239 g/mol. The van der Waals surface area contributed by atoms with Gasteiger partial charge in [-0.2, -0.15) is 0 Å². The van der Waals surface area contributed by atoms with Crippen molar-refractivity contribution in [1.82, 2.24) is 5.32 Å². The van der Waals surface area contributed by atoms with E-state index in [0.717, 1.165) is 29.6 Å². The Balaban J connectivity index is 2.17. The normalized spacial score (nSPS) is 31.8. The highest BCUT2D eigenvalue weighted by atomic mass is 14.8. The molecule has 4 atom stereocenters. The van der Waals surface area contributed by atoms with Crippen molar-refractivity contribution in [2.24, 2.45) is 29.6 Å². The second-order valence-corrected chi connectivity index (χ2v) is 6.89. The van der Waals surface area contributed by atoms with Crippen LogP contribution in [0.1, 0.15) is 60.3 Å². The molecule has 0 amide bonds. The molecule has 0 radical (unpaired) electrons. The Hall–Kier alpha value is -0.0400. The maximum atomic E-state index is 3.57. The zero-order chi connectivity index (χ0) is 12.8. The molecule has 4 unspecified atom stereocenters. The molecule has 0 bridgehead atoms. The van der Waals surface area contributed by atoms with E-state index in [4.69, 9.17) is 0 Å². The van der Waals surface area contributed by atoms with E-state index in [0.29, 0.717) is 0 Å². The van der Waals surface area contributed by atoms with E-state index in [1.54, 1.807) is 0 Å². The van der Waals surface area contributed by atoms with E-state index < -0.39 is 0 Å². The van der Waals surface area contributed by atoms with Crippen LogP contribution in [0, 0.1) is 29.6 Å². The van der Waals surface area contributed by atoms with Gasteiger partial charge in [0.15, 0.2) is 0 Å². The smallest absolute Gasteiger partial charge is 0.00258 e. The first-order chi connectivity index (χ1) is 8.00. The van der Waals surface area contributed by atoms with E-state index >= 15 is 0 Å². The summed E-state index contributed by atoms with van der Waals surface area (Å²) in [6, 6.07) is 0. The van der Waals surface area contributed by atoms with Crippen LogP contribution in [-0.4, -0.2) is 13.1 Å². The molecular formula is C16H33N. The van der Waals surface area contributed by atoms with Crippen LogP contribution < -0.4 is 5.32 Å². The molecular weight excluding hydrogens is 206 g/mol. The van der Waals surface area contributed by atoms with Gasteiger partial charge in [0.2, 0.25) is 0 Å². The average Bonchev–Trinajstić information content (AvgIpc) is 2.27. The van der Waals surface area contributed by atoms with Crippen molar-refractivity contribution in [2.75, 3.05) is 13.1 Å². The lowest BCUT2D eigenvalue weighted by atomic mass is 9.71. The highest BCUT2D eigenvalue weighted by Crippen LogP contribution is 2.37. The summed E-state index contributed by atoms with van der Waals surface area (Å²) in [6.07, 6.45) is 5.75. The number of nitrogens with one attached hydrogen (secondary N) is 1. The molecule has 0 aromatic heterocycles. The van der Waals surface area contributed by atoms with Gasteiger partial charge in [-0.05, 0) is 61.9 Å². The Morgan fingerprint density at radius 2 is 1.76 bits per heavy atom. The number of rotatable bonds is 6. The zero-order valence-corrected chi connectivity index (χ0v) is 12.6. The molecule has 0 aromatic carbocycles. The monoisotopic (exact) mass is 239 g/mol. The molecule has 0 spiro atoms. The third kappa shape index (κ3) is 5.42. The minimum Gasteiger partial charge on any atom is -0.316 e. The van der Waals surface area contributed by atoms with Gasteiger partial charge in [-0.15, -0.1) is 0 Å². The third-order valence-corrected chi connectivity index (χ3v) is 4.77. The van der Waals surface area contributed by atoms with Crippen molar-refractivity contribution >= 4 is 0 Å². The Morgan fingerprint density at radius 3 is 2.35 bits per heavy atom. The van der Waals surface area contributed by atoms with Crippen LogP contribution in [0.2, 0.25) is 0 Å². The predicted molar refractivity (Wildman–Crippen MR) is 77.2 cm³/mol. The lowest BCUT2D eigenvalue weighted by molar-refractivity contribution is 0.158. The number of hydrogen-bond acceptors (Lipinski definition) is 1. The molecule has 0 aromatic rings. The Kier molecular flexibility index (Phi) is 6.54. The van der Waals surface area contributed by atoms with Crippen molar-refractivity contribution in [1.29, 1.82) is 0 Å². The first kappa shape index (κ1) is 15.0. The van der Waals surface area contributed by atoms with Gasteiger partial charge in [0.05, 0.1) is 0 Å². The molecule has 1 saturated carbocycles. The van der Waals surface area contributed by atoms with Crippen LogP contribution >= 0.6 is 0 Å². The first-order valence-electron chi connectivity index (χ1n) is 7.71. The lowest BCUT2D eigenvalue weighted by Gasteiger charge is -2.35. The molecule has 0 saturated heterocycles. The van der Waals surface area contributed by atoms with Crippen LogP contribution in [0.5, 0.6) is 0 Å². The molecule has 0 aliphatic heterocycles. The van der Waals surface area contributed by atoms with Crippen molar-refractivity contribution in [3.63, 3.8) is 0 Å². The Bertz CT molecular complexity index is 200. The quantitative estimate of drug-likeness (QED) is 0.680. The van der Waals surface area contributed by atoms with Crippen LogP contribution in [0.15, 0.2) is 0 Å². The minimum absolute atomic E-state index is 0.779. The standard InChI is InChI=1S/C16H33N/c1-12(2)11-17-9-8-14(4)16-7-6-13(3)15(5)10-16/h12-17H,6-11H2,1-5H3. The molecule has 1 N–H and O–H groups in total. The molecule has 1 aliphatic carbocycles. The van der Waals surface area contributed by atoms with Crippen LogP contribution in [0.4, 0.5) is 0 Å². The van der Waals surface area contributed by atoms with Gasteiger partial charge < -0.3 is 5.32 Å². The highest BCUT2D eigenvalue weighted by Gasteiger charge is 2.27. The van der Waals surface area contributed by atoms with Crippen LogP contribution in [-0.2, 0) is 0 Å². The molecule has 102 valence electrons. The summed E-state index contributed by atoms with van der Waals surface area (Å²) >= 11 is 0. The molecule has 1 rings (SSSR count). The highest BCUT2D eigenvalue weighted by molar-refractivity contribution is 4.78. The van der Waals surface area contributed by atoms with Crippen molar-refractivity contribution in [2.45, 2.75) is 60.3 Å². The second kappa shape index (κ2) is 7.41. The van der Waals surface area contributed by atoms with Gasteiger partial charge in [0.25, 0.3) is 0 Å². The SMILES string of the molecule is CC(C)CNCCC(C)C1CCC(C)C(C)C1. The minimum atomic E-state index is 0.779. The molecule has 1 nitrogen and oxygen atoms in total. The maximum Gasteiger partial charge on any atom is -0.00258 e. The fourth-order valence-electron chi connectivity index (χ4n) is 3.06. The summed E-state index contributed by atoms with van der Waals surface area (Å²) in [6.45, 7) is 14.3. The Labute approximate surface area is 109 Å². The van der Waals surface area contributed by atoms with E-state index in [1.807, 2.05) is 0 Å². The van der Waals surface area contributed by atoms with Gasteiger partial charge in [-0.3, -0.25) is 0 Å². The largest absolute Gasteiger partial charge is 0.316 e. The van der Waals surface area contributed by atoms with Gasteiger partial charge >= 0.3 is 0 Å². The maximum absolute atomic E-state index is 3.57. The second-order valence-electron chi connectivity index (χ2n) is 6.89. The topological polar surface area (TPSA) is 12.0 Å². The van der Waals surface area contributed by atoms with Crippen LogP contribution in [0.25, 0.3) is 0 Å².